The second-order valence-corrected chi connectivity index (χ2v) is 8.44. The Bertz CT molecular complexity index is 781. The van der Waals surface area contributed by atoms with Gasteiger partial charge in [0, 0.05) is 25.1 Å². The lowest BCUT2D eigenvalue weighted by Crippen LogP contribution is -2.26. The van der Waals surface area contributed by atoms with Crippen LogP contribution in [0.5, 0.6) is 0 Å². The molecule has 1 aromatic heterocycles. The summed E-state index contributed by atoms with van der Waals surface area (Å²) in [5, 5.41) is 7.66. The number of rotatable bonds is 3. The van der Waals surface area contributed by atoms with Gasteiger partial charge in [0.2, 0.25) is 0 Å². The number of amides is 1. The number of hydrogen-bond acceptors (Lipinski definition) is 2. The maximum Gasteiger partial charge on any atom is 0.270 e. The predicted molar refractivity (Wildman–Crippen MR) is 101 cm³/mol. The zero-order valence-corrected chi connectivity index (χ0v) is 16.2. The van der Waals surface area contributed by atoms with Crippen molar-refractivity contribution >= 4 is 5.91 Å². The third kappa shape index (κ3) is 3.35. The number of carbonyl (C=O) groups excluding carboxylic acids is 1. The lowest BCUT2D eigenvalue weighted by molar-refractivity contribution is 0.0940. The maximum atomic E-state index is 12.8. The molecule has 0 saturated carbocycles. The van der Waals surface area contributed by atoms with Crippen LogP contribution in [-0.4, -0.2) is 15.7 Å². The standard InChI is InChI=1S/C21H29N3O/c1-13-11-14(2)18-17(13)19(24(6)23-18)20(25)22-12-15-7-9-16(10-8-15)21(3,4)5/h7-10,13-14H,11-12H2,1-6H3,(H,22,25). The van der Waals surface area contributed by atoms with E-state index in [4.69, 9.17) is 0 Å². The van der Waals surface area contributed by atoms with E-state index in [2.05, 4.69) is 69.3 Å². The van der Waals surface area contributed by atoms with Crippen LogP contribution in [0.25, 0.3) is 0 Å². The predicted octanol–water partition coefficient (Wildman–Crippen LogP) is 4.26. The zero-order chi connectivity index (χ0) is 18.4. The molecule has 2 unspecified atom stereocenters. The van der Waals surface area contributed by atoms with Gasteiger partial charge in [0.25, 0.3) is 5.91 Å². The van der Waals surface area contributed by atoms with E-state index in [1.807, 2.05) is 7.05 Å². The first-order valence-corrected chi connectivity index (χ1v) is 9.13. The van der Waals surface area contributed by atoms with Crippen molar-refractivity contribution in [3.63, 3.8) is 0 Å². The highest BCUT2D eigenvalue weighted by atomic mass is 16.2. The monoisotopic (exact) mass is 339 g/mol. The number of benzene rings is 1. The summed E-state index contributed by atoms with van der Waals surface area (Å²) < 4.78 is 1.74. The van der Waals surface area contributed by atoms with Gasteiger partial charge in [-0.05, 0) is 28.9 Å². The first-order valence-electron chi connectivity index (χ1n) is 9.13. The summed E-state index contributed by atoms with van der Waals surface area (Å²) in [6.45, 7) is 11.5. The molecule has 1 N–H and O–H groups in total. The Morgan fingerprint density at radius 2 is 1.84 bits per heavy atom. The first-order chi connectivity index (χ1) is 11.7. The third-order valence-electron chi connectivity index (χ3n) is 5.27. The van der Waals surface area contributed by atoms with E-state index < -0.39 is 0 Å². The van der Waals surface area contributed by atoms with Gasteiger partial charge in [0.1, 0.15) is 5.69 Å². The summed E-state index contributed by atoms with van der Waals surface area (Å²) >= 11 is 0. The lowest BCUT2D eigenvalue weighted by Gasteiger charge is -2.19. The number of hydrogen-bond donors (Lipinski definition) is 1. The molecule has 1 aliphatic rings. The number of fused-ring (bicyclic) bond motifs is 1. The van der Waals surface area contributed by atoms with Crippen molar-refractivity contribution in [3.05, 3.63) is 52.3 Å². The van der Waals surface area contributed by atoms with Gasteiger partial charge in [-0.3, -0.25) is 9.48 Å². The SMILES string of the molecule is CC1CC(C)c2c1nn(C)c2C(=O)NCc1ccc(C(C)(C)C)cc1. The van der Waals surface area contributed by atoms with E-state index in [0.717, 1.165) is 28.9 Å². The second-order valence-electron chi connectivity index (χ2n) is 8.44. The Labute approximate surface area is 150 Å². The molecule has 4 nitrogen and oxygen atoms in total. The van der Waals surface area contributed by atoms with Gasteiger partial charge in [0.05, 0.1) is 5.69 Å². The highest BCUT2D eigenvalue weighted by molar-refractivity contribution is 5.94. The quantitative estimate of drug-likeness (QED) is 0.908. The first kappa shape index (κ1) is 17.7. The van der Waals surface area contributed by atoms with E-state index in [1.54, 1.807) is 4.68 Å². The molecule has 0 radical (unpaired) electrons. The van der Waals surface area contributed by atoms with Crippen LogP contribution < -0.4 is 5.32 Å². The molecule has 4 heteroatoms. The van der Waals surface area contributed by atoms with Gasteiger partial charge in [0.15, 0.2) is 0 Å². The third-order valence-corrected chi connectivity index (χ3v) is 5.27. The number of aryl methyl sites for hydroxylation is 1. The van der Waals surface area contributed by atoms with E-state index in [0.29, 0.717) is 18.4 Å². The molecule has 3 rings (SSSR count). The molecule has 0 aliphatic heterocycles. The van der Waals surface area contributed by atoms with Crippen LogP contribution in [-0.2, 0) is 19.0 Å². The molecule has 134 valence electrons. The van der Waals surface area contributed by atoms with Gasteiger partial charge in [-0.1, -0.05) is 58.9 Å². The van der Waals surface area contributed by atoms with Crippen molar-refractivity contribution in [2.24, 2.45) is 7.05 Å². The number of nitrogens with one attached hydrogen (secondary N) is 1. The molecule has 1 aromatic carbocycles. The molecule has 1 heterocycles. The van der Waals surface area contributed by atoms with Gasteiger partial charge in [-0.2, -0.15) is 5.10 Å². The molecule has 25 heavy (non-hydrogen) atoms. The Kier molecular flexibility index (Phi) is 4.48. The molecule has 0 fully saturated rings. The van der Waals surface area contributed by atoms with Crippen molar-refractivity contribution in [3.8, 4) is 0 Å². The van der Waals surface area contributed by atoms with Crippen molar-refractivity contribution in [2.45, 2.75) is 64.8 Å². The van der Waals surface area contributed by atoms with Gasteiger partial charge >= 0.3 is 0 Å². The molecular formula is C21H29N3O. The minimum atomic E-state index is -0.0305. The minimum absolute atomic E-state index is 0.0305. The van der Waals surface area contributed by atoms with Crippen LogP contribution in [0.4, 0.5) is 0 Å². The summed E-state index contributed by atoms with van der Waals surface area (Å²) in [5.74, 6) is 0.797. The minimum Gasteiger partial charge on any atom is -0.347 e. The van der Waals surface area contributed by atoms with Crippen molar-refractivity contribution in [2.75, 3.05) is 0 Å². The van der Waals surface area contributed by atoms with Crippen LogP contribution in [0.1, 0.15) is 85.7 Å². The van der Waals surface area contributed by atoms with E-state index in [-0.39, 0.29) is 11.3 Å². The van der Waals surface area contributed by atoms with Gasteiger partial charge in [-0.15, -0.1) is 0 Å². The molecule has 0 spiro atoms. The van der Waals surface area contributed by atoms with Crippen LogP contribution in [0.15, 0.2) is 24.3 Å². The molecule has 2 atom stereocenters. The molecule has 0 saturated heterocycles. The largest absolute Gasteiger partial charge is 0.347 e. The fraction of sp³-hybridized carbons (Fsp3) is 0.524. The topological polar surface area (TPSA) is 46.9 Å². The Hall–Kier alpha value is -2.10. The summed E-state index contributed by atoms with van der Waals surface area (Å²) in [4.78, 5) is 12.8. The normalized spacial score (nSPS) is 19.8. The van der Waals surface area contributed by atoms with Crippen LogP contribution in [0, 0.1) is 0 Å². The number of carbonyl (C=O) groups is 1. The molecular weight excluding hydrogens is 310 g/mol. The van der Waals surface area contributed by atoms with Crippen molar-refractivity contribution in [1.29, 1.82) is 0 Å². The summed E-state index contributed by atoms with van der Waals surface area (Å²) in [5.41, 5.74) is 5.50. The van der Waals surface area contributed by atoms with E-state index in [9.17, 15) is 4.79 Å². The zero-order valence-electron chi connectivity index (χ0n) is 16.2. The second kappa shape index (κ2) is 6.32. The molecule has 2 aromatic rings. The van der Waals surface area contributed by atoms with Crippen LogP contribution in [0.2, 0.25) is 0 Å². The van der Waals surface area contributed by atoms with Gasteiger partial charge in [-0.25, -0.2) is 0 Å². The van der Waals surface area contributed by atoms with Gasteiger partial charge < -0.3 is 5.32 Å². The Morgan fingerprint density at radius 3 is 2.44 bits per heavy atom. The van der Waals surface area contributed by atoms with Crippen molar-refractivity contribution in [1.82, 2.24) is 15.1 Å². The fourth-order valence-corrected chi connectivity index (χ4v) is 3.83. The average molecular weight is 339 g/mol. The number of aromatic nitrogens is 2. The van der Waals surface area contributed by atoms with Crippen LogP contribution >= 0.6 is 0 Å². The summed E-state index contributed by atoms with van der Waals surface area (Å²) in [7, 11) is 1.87. The maximum absolute atomic E-state index is 12.8. The molecule has 1 aliphatic carbocycles. The highest BCUT2D eigenvalue weighted by Crippen LogP contribution is 2.42. The van der Waals surface area contributed by atoms with Crippen molar-refractivity contribution < 1.29 is 4.79 Å². The number of nitrogens with zero attached hydrogens (tertiary/aromatic N) is 2. The van der Waals surface area contributed by atoms with E-state index >= 15 is 0 Å². The summed E-state index contributed by atoms with van der Waals surface area (Å²) in [6, 6.07) is 8.48. The molecule has 0 bridgehead atoms. The lowest BCUT2D eigenvalue weighted by atomic mass is 9.87. The van der Waals surface area contributed by atoms with E-state index in [1.165, 1.54) is 5.56 Å². The smallest absolute Gasteiger partial charge is 0.270 e. The Morgan fingerprint density at radius 1 is 1.20 bits per heavy atom. The average Bonchev–Trinajstić information content (AvgIpc) is 3.01. The van der Waals surface area contributed by atoms with Crippen LogP contribution in [0.3, 0.4) is 0 Å². The molecule has 1 amide bonds. The summed E-state index contributed by atoms with van der Waals surface area (Å²) in [6.07, 6.45) is 1.08. The fourth-order valence-electron chi connectivity index (χ4n) is 3.83. The highest BCUT2D eigenvalue weighted by Gasteiger charge is 2.34. The Balaban J connectivity index is 1.73.